The molecule has 1 aromatic carbocycles. The summed E-state index contributed by atoms with van der Waals surface area (Å²) in [4.78, 5) is 0. The van der Waals surface area contributed by atoms with Gasteiger partial charge in [-0.3, -0.25) is 0 Å². The molecule has 2 N–H and O–H groups in total. The van der Waals surface area contributed by atoms with Crippen LogP contribution in [0.15, 0.2) is 18.2 Å². The second kappa shape index (κ2) is 6.94. The van der Waals surface area contributed by atoms with Crippen molar-refractivity contribution in [1.29, 1.82) is 5.26 Å². The van der Waals surface area contributed by atoms with Crippen molar-refractivity contribution in [2.24, 2.45) is 0 Å². The summed E-state index contributed by atoms with van der Waals surface area (Å²) in [7, 11) is 0. The van der Waals surface area contributed by atoms with Crippen molar-refractivity contribution < 1.29 is 9.50 Å². The number of halogens is 1. The molecule has 0 saturated heterocycles. The zero-order chi connectivity index (χ0) is 11.8. The van der Waals surface area contributed by atoms with Crippen LogP contribution in [-0.4, -0.2) is 18.3 Å². The van der Waals surface area contributed by atoms with Crippen LogP contribution in [0.3, 0.4) is 0 Å². The largest absolute Gasteiger partial charge is 0.396 e. The normalized spacial score (nSPS) is 10.1. The van der Waals surface area contributed by atoms with Gasteiger partial charge in [-0.25, -0.2) is 4.39 Å². The molecule has 0 fully saturated rings. The summed E-state index contributed by atoms with van der Waals surface area (Å²) >= 11 is 0. The molecule has 0 heterocycles. The van der Waals surface area contributed by atoms with Crippen molar-refractivity contribution in [2.75, 3.05) is 13.2 Å². The van der Waals surface area contributed by atoms with Gasteiger partial charge in [-0.2, -0.15) is 5.26 Å². The van der Waals surface area contributed by atoms with Gasteiger partial charge < -0.3 is 10.4 Å². The molecule has 0 saturated carbocycles. The molecule has 0 aliphatic rings. The SMILES string of the molecule is N#Cc1ccc(CNCCCCO)c(F)c1. The second-order valence-corrected chi connectivity index (χ2v) is 3.53. The van der Waals surface area contributed by atoms with E-state index >= 15 is 0 Å². The average Bonchev–Trinajstić information content (AvgIpc) is 2.30. The zero-order valence-corrected chi connectivity index (χ0v) is 9.04. The Bertz CT molecular complexity index is 374. The van der Waals surface area contributed by atoms with Gasteiger partial charge in [-0.15, -0.1) is 0 Å². The summed E-state index contributed by atoms with van der Waals surface area (Å²) in [6, 6.07) is 6.35. The fourth-order valence-corrected chi connectivity index (χ4v) is 1.35. The van der Waals surface area contributed by atoms with Gasteiger partial charge in [0.25, 0.3) is 0 Å². The Labute approximate surface area is 94.5 Å². The lowest BCUT2D eigenvalue weighted by atomic mass is 10.1. The number of aliphatic hydroxyl groups excluding tert-OH is 1. The summed E-state index contributed by atoms with van der Waals surface area (Å²) in [6.07, 6.45) is 1.62. The number of nitrogens with one attached hydrogen (secondary N) is 1. The van der Waals surface area contributed by atoms with Crippen molar-refractivity contribution in [3.8, 4) is 6.07 Å². The van der Waals surface area contributed by atoms with Crippen molar-refractivity contribution in [1.82, 2.24) is 5.32 Å². The maximum Gasteiger partial charge on any atom is 0.129 e. The van der Waals surface area contributed by atoms with Crippen LogP contribution in [0.25, 0.3) is 0 Å². The van der Waals surface area contributed by atoms with Gasteiger partial charge in [0.1, 0.15) is 5.82 Å². The topological polar surface area (TPSA) is 56.0 Å². The Balaban J connectivity index is 2.40. The summed E-state index contributed by atoms with van der Waals surface area (Å²) in [5, 5.41) is 20.2. The Morgan fingerprint density at radius 1 is 1.38 bits per heavy atom. The van der Waals surface area contributed by atoms with Crippen LogP contribution in [0, 0.1) is 17.1 Å². The third-order valence-electron chi connectivity index (χ3n) is 2.26. The lowest BCUT2D eigenvalue weighted by Gasteiger charge is -2.05. The summed E-state index contributed by atoms with van der Waals surface area (Å²) in [6.45, 7) is 1.38. The van der Waals surface area contributed by atoms with Crippen molar-refractivity contribution in [3.05, 3.63) is 35.1 Å². The highest BCUT2D eigenvalue weighted by Crippen LogP contribution is 2.09. The first kappa shape index (κ1) is 12.6. The van der Waals surface area contributed by atoms with Crippen LogP contribution in [0.1, 0.15) is 24.0 Å². The molecule has 0 aliphatic carbocycles. The fourth-order valence-electron chi connectivity index (χ4n) is 1.35. The van der Waals surface area contributed by atoms with Gasteiger partial charge in [0, 0.05) is 18.7 Å². The zero-order valence-electron chi connectivity index (χ0n) is 9.04. The van der Waals surface area contributed by atoms with Crippen LogP contribution in [-0.2, 0) is 6.54 Å². The highest BCUT2D eigenvalue weighted by molar-refractivity contribution is 5.32. The standard InChI is InChI=1S/C12H15FN2O/c13-12-7-10(8-14)3-4-11(12)9-15-5-1-2-6-16/h3-4,7,15-16H,1-2,5-6,9H2. The van der Waals surface area contributed by atoms with Crippen LogP contribution < -0.4 is 5.32 Å². The maximum absolute atomic E-state index is 13.4. The molecule has 0 bridgehead atoms. The molecule has 0 radical (unpaired) electrons. The number of nitrogens with zero attached hydrogens (tertiary/aromatic N) is 1. The third kappa shape index (κ3) is 3.97. The van der Waals surface area contributed by atoms with Gasteiger partial charge in [0.2, 0.25) is 0 Å². The van der Waals surface area contributed by atoms with E-state index in [9.17, 15) is 4.39 Å². The third-order valence-corrected chi connectivity index (χ3v) is 2.26. The van der Waals surface area contributed by atoms with Gasteiger partial charge in [0.05, 0.1) is 11.6 Å². The van der Waals surface area contributed by atoms with Crippen molar-refractivity contribution in [3.63, 3.8) is 0 Å². The molecule has 1 aromatic rings. The minimum absolute atomic E-state index is 0.187. The van der Waals surface area contributed by atoms with Gasteiger partial charge in [-0.05, 0) is 31.5 Å². The molecular weight excluding hydrogens is 207 g/mol. The van der Waals surface area contributed by atoms with E-state index in [-0.39, 0.29) is 12.4 Å². The Morgan fingerprint density at radius 2 is 2.19 bits per heavy atom. The van der Waals surface area contributed by atoms with E-state index in [0.29, 0.717) is 17.7 Å². The fraction of sp³-hybridized carbons (Fsp3) is 0.417. The number of benzene rings is 1. The molecule has 3 nitrogen and oxygen atoms in total. The van der Waals surface area contributed by atoms with E-state index in [4.69, 9.17) is 10.4 Å². The van der Waals surface area contributed by atoms with E-state index < -0.39 is 0 Å². The predicted molar refractivity (Wildman–Crippen MR) is 59.1 cm³/mol. The van der Waals surface area contributed by atoms with Gasteiger partial charge in [0.15, 0.2) is 0 Å². The molecular formula is C12H15FN2O. The molecule has 0 atom stereocenters. The lowest BCUT2D eigenvalue weighted by molar-refractivity contribution is 0.283. The lowest BCUT2D eigenvalue weighted by Crippen LogP contribution is -2.16. The monoisotopic (exact) mass is 222 g/mol. The van der Waals surface area contributed by atoms with E-state index in [1.165, 1.54) is 6.07 Å². The van der Waals surface area contributed by atoms with Crippen molar-refractivity contribution in [2.45, 2.75) is 19.4 Å². The first-order valence-corrected chi connectivity index (χ1v) is 5.28. The van der Waals surface area contributed by atoms with E-state index in [2.05, 4.69) is 5.32 Å². The van der Waals surface area contributed by atoms with Crippen LogP contribution in [0.5, 0.6) is 0 Å². The van der Waals surface area contributed by atoms with Crippen molar-refractivity contribution >= 4 is 0 Å². The summed E-state index contributed by atoms with van der Waals surface area (Å²) < 4.78 is 13.4. The average molecular weight is 222 g/mol. The Morgan fingerprint density at radius 3 is 2.81 bits per heavy atom. The number of aliphatic hydroxyl groups is 1. The number of unbranched alkanes of at least 4 members (excludes halogenated alkanes) is 1. The first-order valence-electron chi connectivity index (χ1n) is 5.28. The van der Waals surface area contributed by atoms with E-state index in [0.717, 1.165) is 19.4 Å². The van der Waals surface area contributed by atoms with Crippen LogP contribution in [0.4, 0.5) is 4.39 Å². The van der Waals surface area contributed by atoms with Gasteiger partial charge >= 0.3 is 0 Å². The highest BCUT2D eigenvalue weighted by atomic mass is 19.1. The highest BCUT2D eigenvalue weighted by Gasteiger charge is 2.02. The molecule has 16 heavy (non-hydrogen) atoms. The molecule has 0 aliphatic heterocycles. The Kier molecular flexibility index (Phi) is 5.48. The molecule has 0 aromatic heterocycles. The molecule has 0 amide bonds. The molecule has 4 heteroatoms. The molecule has 0 unspecified atom stereocenters. The van der Waals surface area contributed by atoms with Crippen LogP contribution in [0.2, 0.25) is 0 Å². The number of hydrogen-bond acceptors (Lipinski definition) is 3. The summed E-state index contributed by atoms with van der Waals surface area (Å²) in [5.74, 6) is -0.353. The number of hydrogen-bond donors (Lipinski definition) is 2. The summed E-state index contributed by atoms with van der Waals surface area (Å²) in [5.41, 5.74) is 0.893. The number of nitriles is 1. The predicted octanol–water partition coefficient (Wildman–Crippen LogP) is 1.56. The quantitative estimate of drug-likeness (QED) is 0.718. The second-order valence-electron chi connectivity index (χ2n) is 3.53. The maximum atomic E-state index is 13.4. The smallest absolute Gasteiger partial charge is 0.129 e. The van der Waals surface area contributed by atoms with Gasteiger partial charge in [-0.1, -0.05) is 6.07 Å². The molecule has 0 spiro atoms. The molecule has 86 valence electrons. The van der Waals surface area contributed by atoms with E-state index in [1.54, 1.807) is 12.1 Å². The first-order chi connectivity index (χ1) is 7.77. The number of rotatable bonds is 6. The van der Waals surface area contributed by atoms with Crippen LogP contribution >= 0.6 is 0 Å². The Hall–Kier alpha value is -1.44. The minimum atomic E-state index is -0.353. The molecule has 1 rings (SSSR count). The minimum Gasteiger partial charge on any atom is -0.396 e. The van der Waals surface area contributed by atoms with E-state index in [1.807, 2.05) is 6.07 Å².